The molecule has 0 saturated heterocycles. The molecular formula is C18H15IN2O2. The second-order valence-electron chi connectivity index (χ2n) is 4.89. The highest BCUT2D eigenvalue weighted by Crippen LogP contribution is 2.26. The van der Waals surface area contributed by atoms with Gasteiger partial charge >= 0.3 is 0 Å². The normalized spacial score (nSPS) is 10.3. The molecule has 3 rings (SSSR count). The summed E-state index contributed by atoms with van der Waals surface area (Å²) >= 11 is 2.11. The molecule has 1 aromatic heterocycles. The maximum Gasteiger partial charge on any atom is 0.276 e. The van der Waals surface area contributed by atoms with Gasteiger partial charge in [0.2, 0.25) is 0 Å². The van der Waals surface area contributed by atoms with Gasteiger partial charge in [-0.25, -0.2) is 0 Å². The van der Waals surface area contributed by atoms with Gasteiger partial charge < -0.3 is 9.47 Å². The lowest BCUT2D eigenvalue weighted by Crippen LogP contribution is -2.04. The molecule has 2 aromatic carbocycles. The predicted octanol–water partition coefficient (Wildman–Crippen LogP) is 4.24. The Morgan fingerprint density at radius 1 is 0.739 bits per heavy atom. The molecular weight excluding hydrogens is 403 g/mol. The van der Waals surface area contributed by atoms with E-state index in [2.05, 4.69) is 32.8 Å². The third kappa shape index (κ3) is 4.66. The molecule has 4 nitrogen and oxygen atoms in total. The zero-order valence-corrected chi connectivity index (χ0v) is 14.5. The van der Waals surface area contributed by atoms with Crippen molar-refractivity contribution in [3.63, 3.8) is 0 Å². The highest BCUT2D eigenvalue weighted by molar-refractivity contribution is 14.1. The van der Waals surface area contributed by atoms with Crippen LogP contribution in [0.2, 0.25) is 0 Å². The molecule has 0 atom stereocenters. The van der Waals surface area contributed by atoms with Crippen molar-refractivity contribution in [2.24, 2.45) is 0 Å². The van der Waals surface area contributed by atoms with E-state index < -0.39 is 0 Å². The van der Waals surface area contributed by atoms with Crippen LogP contribution in [0.4, 0.5) is 0 Å². The lowest BCUT2D eigenvalue weighted by Gasteiger charge is -2.11. The van der Waals surface area contributed by atoms with E-state index >= 15 is 0 Å². The van der Waals surface area contributed by atoms with Gasteiger partial charge in [0.05, 0.1) is 0 Å². The van der Waals surface area contributed by atoms with E-state index in [0.717, 1.165) is 14.8 Å². The number of halogens is 1. The second-order valence-corrected chi connectivity index (χ2v) is 5.99. The van der Waals surface area contributed by atoms with Gasteiger partial charge in [-0.2, -0.15) is 0 Å². The van der Waals surface area contributed by atoms with Crippen molar-refractivity contribution in [3.05, 3.63) is 81.6 Å². The van der Waals surface area contributed by atoms with Crippen molar-refractivity contribution in [2.45, 2.75) is 13.2 Å². The van der Waals surface area contributed by atoms with Gasteiger partial charge in [-0.1, -0.05) is 60.7 Å². The fourth-order valence-corrected chi connectivity index (χ4v) is 2.40. The molecule has 0 N–H and O–H groups in total. The lowest BCUT2D eigenvalue weighted by atomic mass is 10.2. The Morgan fingerprint density at radius 3 is 1.91 bits per heavy atom. The highest BCUT2D eigenvalue weighted by atomic mass is 127. The standard InChI is InChI=1S/C18H15IN2O2/c19-17-11-16(22-12-14-7-3-1-4-8-14)18(21-20-17)23-13-15-9-5-2-6-10-15/h1-11H,12-13H2. The smallest absolute Gasteiger partial charge is 0.276 e. The van der Waals surface area contributed by atoms with Gasteiger partial charge in [0.15, 0.2) is 5.75 Å². The fraction of sp³-hybridized carbons (Fsp3) is 0.111. The molecule has 0 spiro atoms. The fourth-order valence-electron chi connectivity index (χ4n) is 2.01. The zero-order valence-electron chi connectivity index (χ0n) is 12.4. The Hall–Kier alpha value is -2.15. The van der Waals surface area contributed by atoms with Crippen LogP contribution in [0.1, 0.15) is 11.1 Å². The summed E-state index contributed by atoms with van der Waals surface area (Å²) in [4.78, 5) is 0. The molecule has 1 heterocycles. The van der Waals surface area contributed by atoms with Gasteiger partial charge in [-0.05, 0) is 33.7 Å². The molecule has 0 radical (unpaired) electrons. The van der Waals surface area contributed by atoms with Gasteiger partial charge in [0, 0.05) is 6.07 Å². The summed E-state index contributed by atoms with van der Waals surface area (Å²) in [7, 11) is 0. The van der Waals surface area contributed by atoms with Crippen LogP contribution in [0, 0.1) is 3.70 Å². The van der Waals surface area contributed by atoms with E-state index in [-0.39, 0.29) is 0 Å². The van der Waals surface area contributed by atoms with Crippen molar-refractivity contribution >= 4 is 22.6 Å². The first-order valence-corrected chi connectivity index (χ1v) is 8.26. The van der Waals surface area contributed by atoms with Crippen LogP contribution in [-0.2, 0) is 13.2 Å². The molecule has 0 saturated carbocycles. The number of hydrogen-bond donors (Lipinski definition) is 0. The summed E-state index contributed by atoms with van der Waals surface area (Å²) in [5.41, 5.74) is 2.16. The first kappa shape index (κ1) is 15.7. The van der Waals surface area contributed by atoms with Crippen LogP contribution < -0.4 is 9.47 Å². The minimum Gasteiger partial charge on any atom is -0.483 e. The van der Waals surface area contributed by atoms with Crippen LogP contribution in [-0.4, -0.2) is 10.2 Å². The summed E-state index contributed by atoms with van der Waals surface area (Å²) in [6.07, 6.45) is 0. The van der Waals surface area contributed by atoms with Crippen LogP contribution in [0.5, 0.6) is 11.6 Å². The first-order chi connectivity index (χ1) is 11.3. The summed E-state index contributed by atoms with van der Waals surface area (Å²) in [5, 5.41) is 8.14. The summed E-state index contributed by atoms with van der Waals surface area (Å²) in [6.45, 7) is 0.891. The van der Waals surface area contributed by atoms with Gasteiger partial charge in [-0.3, -0.25) is 0 Å². The molecule has 3 aromatic rings. The van der Waals surface area contributed by atoms with Crippen LogP contribution >= 0.6 is 22.6 Å². The highest BCUT2D eigenvalue weighted by Gasteiger charge is 2.10. The number of benzene rings is 2. The monoisotopic (exact) mass is 418 g/mol. The minimum atomic E-state index is 0.408. The maximum absolute atomic E-state index is 5.86. The predicted molar refractivity (Wildman–Crippen MR) is 96.3 cm³/mol. The molecule has 23 heavy (non-hydrogen) atoms. The van der Waals surface area contributed by atoms with E-state index in [1.807, 2.05) is 66.7 Å². The third-order valence-corrected chi connectivity index (χ3v) is 3.68. The van der Waals surface area contributed by atoms with Gasteiger partial charge in [-0.15, -0.1) is 10.2 Å². The van der Waals surface area contributed by atoms with E-state index in [1.165, 1.54) is 0 Å². The first-order valence-electron chi connectivity index (χ1n) is 7.18. The summed E-state index contributed by atoms with van der Waals surface area (Å²) in [5.74, 6) is 1.01. The van der Waals surface area contributed by atoms with Crippen molar-refractivity contribution in [3.8, 4) is 11.6 Å². The van der Waals surface area contributed by atoms with Gasteiger partial charge in [0.1, 0.15) is 16.9 Å². The number of rotatable bonds is 6. The lowest BCUT2D eigenvalue weighted by molar-refractivity contribution is 0.243. The third-order valence-electron chi connectivity index (χ3n) is 3.15. The largest absolute Gasteiger partial charge is 0.483 e. The molecule has 0 aliphatic rings. The number of nitrogens with zero attached hydrogens (tertiary/aromatic N) is 2. The van der Waals surface area contributed by atoms with Crippen LogP contribution in [0.25, 0.3) is 0 Å². The topological polar surface area (TPSA) is 44.2 Å². The van der Waals surface area contributed by atoms with Crippen LogP contribution in [0.3, 0.4) is 0 Å². The Bertz CT molecular complexity index is 751. The number of hydrogen-bond acceptors (Lipinski definition) is 4. The molecule has 0 aliphatic carbocycles. The number of aromatic nitrogens is 2. The Kier molecular flexibility index (Phi) is 5.42. The Labute approximate surface area is 148 Å². The van der Waals surface area contributed by atoms with Gasteiger partial charge in [0.25, 0.3) is 5.88 Å². The molecule has 0 fully saturated rings. The summed E-state index contributed by atoms with van der Waals surface area (Å²) < 4.78 is 12.4. The van der Waals surface area contributed by atoms with Crippen molar-refractivity contribution < 1.29 is 9.47 Å². The SMILES string of the molecule is Ic1cc(OCc2ccccc2)c(OCc2ccccc2)nn1. The van der Waals surface area contributed by atoms with E-state index in [0.29, 0.717) is 24.8 Å². The molecule has 0 amide bonds. The van der Waals surface area contributed by atoms with Crippen molar-refractivity contribution in [1.82, 2.24) is 10.2 Å². The minimum absolute atomic E-state index is 0.408. The van der Waals surface area contributed by atoms with E-state index in [4.69, 9.17) is 9.47 Å². The Morgan fingerprint density at radius 2 is 1.30 bits per heavy atom. The average molecular weight is 418 g/mol. The molecule has 0 aliphatic heterocycles. The molecule has 0 unspecified atom stereocenters. The zero-order chi connectivity index (χ0) is 15.9. The second kappa shape index (κ2) is 7.92. The quantitative estimate of drug-likeness (QED) is 0.562. The van der Waals surface area contributed by atoms with E-state index in [9.17, 15) is 0 Å². The Balaban J connectivity index is 1.70. The molecule has 5 heteroatoms. The van der Waals surface area contributed by atoms with E-state index in [1.54, 1.807) is 0 Å². The molecule has 116 valence electrons. The average Bonchev–Trinajstić information content (AvgIpc) is 2.61. The van der Waals surface area contributed by atoms with Crippen molar-refractivity contribution in [2.75, 3.05) is 0 Å². The molecule has 0 bridgehead atoms. The summed E-state index contributed by atoms with van der Waals surface area (Å²) in [6, 6.07) is 21.8. The van der Waals surface area contributed by atoms with Crippen LogP contribution in [0.15, 0.2) is 66.7 Å². The number of ether oxygens (including phenoxy) is 2. The van der Waals surface area contributed by atoms with Crippen molar-refractivity contribution in [1.29, 1.82) is 0 Å². The maximum atomic E-state index is 5.86.